The molecular weight excluding hydrogens is 502 g/mol. The summed E-state index contributed by atoms with van der Waals surface area (Å²) in [4.78, 5) is 20.0. The minimum atomic E-state index is -0.415. The van der Waals surface area contributed by atoms with Gasteiger partial charge in [-0.3, -0.25) is 4.98 Å². The zero-order valence-corrected chi connectivity index (χ0v) is 21.7. The van der Waals surface area contributed by atoms with Gasteiger partial charge in [-0.05, 0) is 24.3 Å². The number of aromatic nitrogens is 4. The van der Waals surface area contributed by atoms with Gasteiger partial charge in [-0.25, -0.2) is 4.79 Å². The van der Waals surface area contributed by atoms with Gasteiger partial charge in [0, 0.05) is 88.0 Å². The van der Waals surface area contributed by atoms with E-state index in [0.717, 1.165) is 60.1 Å². The summed E-state index contributed by atoms with van der Waals surface area (Å²) in [5.74, 6) is 0.226. The Labute approximate surface area is 228 Å². The van der Waals surface area contributed by atoms with Crippen molar-refractivity contribution in [1.29, 1.82) is 0 Å². The molecule has 3 aromatic carbocycles. The van der Waals surface area contributed by atoms with E-state index in [9.17, 15) is 9.90 Å². The Morgan fingerprint density at radius 1 is 0.900 bits per heavy atom. The molecule has 0 radical (unpaired) electrons. The van der Waals surface area contributed by atoms with Crippen LogP contribution in [0.1, 0.15) is 5.69 Å². The molecular formula is C32H27N5O3. The van der Waals surface area contributed by atoms with Crippen molar-refractivity contribution in [3.8, 4) is 5.88 Å². The molecule has 8 nitrogen and oxygen atoms in total. The minimum absolute atomic E-state index is 0.0430. The predicted molar refractivity (Wildman–Crippen MR) is 157 cm³/mol. The first-order chi connectivity index (χ1) is 19.7. The Morgan fingerprint density at radius 2 is 1.57 bits per heavy atom. The van der Waals surface area contributed by atoms with Crippen LogP contribution in [-0.4, -0.2) is 43.5 Å². The summed E-state index contributed by atoms with van der Waals surface area (Å²) < 4.78 is 10.5. The largest absolute Gasteiger partial charge is 0.494 e. The van der Waals surface area contributed by atoms with Crippen molar-refractivity contribution in [3.63, 3.8) is 0 Å². The van der Waals surface area contributed by atoms with Crippen LogP contribution in [0.15, 0.2) is 79.1 Å². The van der Waals surface area contributed by atoms with Crippen molar-refractivity contribution in [1.82, 2.24) is 24.4 Å². The molecule has 5 heterocycles. The smallest absolute Gasteiger partial charge is 0.407 e. The van der Waals surface area contributed by atoms with Crippen molar-refractivity contribution in [2.45, 2.75) is 19.5 Å². The number of nitrogens with zero attached hydrogens (tertiary/aromatic N) is 3. The van der Waals surface area contributed by atoms with Crippen molar-refractivity contribution in [2.24, 2.45) is 5.92 Å². The number of benzene rings is 3. The number of hydrogen-bond donors (Lipinski definition) is 3. The lowest BCUT2D eigenvalue weighted by atomic mass is 10.0. The second-order valence-corrected chi connectivity index (χ2v) is 10.6. The molecule has 1 aliphatic rings. The lowest BCUT2D eigenvalue weighted by molar-refractivity contribution is 0.119. The molecule has 1 aliphatic heterocycles. The van der Waals surface area contributed by atoms with E-state index in [1.807, 2.05) is 30.5 Å². The first-order valence-electron chi connectivity index (χ1n) is 13.6. The first-order valence-corrected chi connectivity index (χ1v) is 13.6. The first kappa shape index (κ1) is 23.0. The molecule has 40 heavy (non-hydrogen) atoms. The highest BCUT2D eigenvalue weighted by molar-refractivity contribution is 6.36. The van der Waals surface area contributed by atoms with E-state index in [4.69, 9.17) is 4.74 Å². The molecule has 3 N–H and O–H groups in total. The molecule has 1 atom stereocenters. The fraction of sp³-hybridized carbons (Fsp3) is 0.188. The molecule has 0 saturated heterocycles. The highest BCUT2D eigenvalue weighted by Crippen LogP contribution is 2.48. The van der Waals surface area contributed by atoms with Gasteiger partial charge in [0.2, 0.25) is 0 Å². The van der Waals surface area contributed by atoms with Crippen LogP contribution >= 0.6 is 0 Å². The topological polar surface area (TPSA) is 97.1 Å². The monoisotopic (exact) mass is 529 g/mol. The molecule has 1 unspecified atom stereocenters. The molecule has 0 bridgehead atoms. The molecule has 7 aromatic rings. The fourth-order valence-corrected chi connectivity index (χ4v) is 6.63. The Kier molecular flexibility index (Phi) is 5.04. The molecule has 0 spiro atoms. The number of aromatic amines is 1. The maximum absolute atomic E-state index is 12.6. The van der Waals surface area contributed by atoms with Crippen LogP contribution in [-0.2, 0) is 24.2 Å². The van der Waals surface area contributed by atoms with E-state index in [0.29, 0.717) is 26.1 Å². The average Bonchev–Trinajstić information content (AvgIpc) is 3.58. The van der Waals surface area contributed by atoms with E-state index < -0.39 is 6.09 Å². The van der Waals surface area contributed by atoms with Gasteiger partial charge in [0.1, 0.15) is 0 Å². The van der Waals surface area contributed by atoms with Gasteiger partial charge < -0.3 is 29.3 Å². The standard InChI is InChI=1S/C32H27N5O3/c38-31-28-23(15-35-31)26-21-8-1-3-10-24(21)36-16-19(18-40-32(39)34-14-12-20-7-5-6-13-33-20)17-37-25-11-4-2-9-22(25)27(28)30(37)29(26)36/h1-11,13,15,19,35,38H,12,14,16-18H2,(H,34,39). The number of carbonyl (C=O) groups is 1. The van der Waals surface area contributed by atoms with Crippen molar-refractivity contribution in [2.75, 3.05) is 13.2 Å². The molecule has 0 fully saturated rings. The van der Waals surface area contributed by atoms with E-state index in [-0.39, 0.29) is 18.4 Å². The Hall–Kier alpha value is -4.98. The van der Waals surface area contributed by atoms with Crippen LogP contribution in [0.3, 0.4) is 0 Å². The van der Waals surface area contributed by atoms with Gasteiger partial charge in [-0.2, -0.15) is 0 Å². The van der Waals surface area contributed by atoms with Crippen molar-refractivity contribution < 1.29 is 14.6 Å². The van der Waals surface area contributed by atoms with Gasteiger partial charge in [0.15, 0.2) is 5.88 Å². The second-order valence-electron chi connectivity index (χ2n) is 10.6. The normalized spacial score (nSPS) is 15.1. The van der Waals surface area contributed by atoms with Crippen molar-refractivity contribution >= 4 is 60.5 Å². The van der Waals surface area contributed by atoms with Crippen LogP contribution in [0.2, 0.25) is 0 Å². The number of para-hydroxylation sites is 2. The number of pyridine rings is 1. The average molecular weight is 530 g/mol. The lowest BCUT2D eigenvalue weighted by Gasteiger charge is -2.18. The third-order valence-electron chi connectivity index (χ3n) is 8.25. The third kappa shape index (κ3) is 3.32. The number of nitrogens with one attached hydrogen (secondary N) is 2. The third-order valence-corrected chi connectivity index (χ3v) is 8.25. The van der Waals surface area contributed by atoms with Crippen LogP contribution in [0.25, 0.3) is 54.4 Å². The van der Waals surface area contributed by atoms with Crippen LogP contribution in [0, 0.1) is 5.92 Å². The number of H-pyrrole nitrogens is 1. The molecule has 198 valence electrons. The maximum atomic E-state index is 12.6. The summed E-state index contributed by atoms with van der Waals surface area (Å²) in [6.45, 7) is 2.15. The summed E-state index contributed by atoms with van der Waals surface area (Å²) >= 11 is 0. The molecule has 4 aromatic heterocycles. The number of amides is 1. The van der Waals surface area contributed by atoms with E-state index in [1.54, 1.807) is 6.20 Å². The molecule has 0 saturated carbocycles. The highest BCUT2D eigenvalue weighted by Gasteiger charge is 2.29. The van der Waals surface area contributed by atoms with E-state index in [2.05, 4.69) is 66.9 Å². The lowest BCUT2D eigenvalue weighted by Crippen LogP contribution is -2.30. The number of hydrogen-bond acceptors (Lipinski definition) is 4. The number of aromatic hydroxyl groups is 1. The van der Waals surface area contributed by atoms with Gasteiger partial charge in [-0.15, -0.1) is 0 Å². The quantitative estimate of drug-likeness (QED) is 0.252. The van der Waals surface area contributed by atoms with Crippen LogP contribution < -0.4 is 5.32 Å². The number of carbonyl (C=O) groups excluding carboxylic acids is 1. The number of rotatable bonds is 5. The fourth-order valence-electron chi connectivity index (χ4n) is 6.63. The molecule has 8 heteroatoms. The Morgan fingerprint density at radius 3 is 2.30 bits per heavy atom. The maximum Gasteiger partial charge on any atom is 0.407 e. The van der Waals surface area contributed by atoms with Crippen molar-refractivity contribution in [3.05, 3.63) is 84.8 Å². The van der Waals surface area contributed by atoms with Gasteiger partial charge in [0.05, 0.1) is 23.0 Å². The highest BCUT2D eigenvalue weighted by atomic mass is 16.5. The molecule has 1 amide bonds. The van der Waals surface area contributed by atoms with E-state index in [1.165, 1.54) is 0 Å². The zero-order chi connectivity index (χ0) is 26.8. The van der Waals surface area contributed by atoms with E-state index >= 15 is 0 Å². The summed E-state index contributed by atoms with van der Waals surface area (Å²) in [5.41, 5.74) is 5.43. The summed E-state index contributed by atoms with van der Waals surface area (Å²) in [5, 5.41) is 20.2. The molecule has 8 rings (SSSR count). The van der Waals surface area contributed by atoms with Gasteiger partial charge >= 0.3 is 6.09 Å². The Balaban J connectivity index is 1.22. The van der Waals surface area contributed by atoms with Gasteiger partial charge in [0.25, 0.3) is 0 Å². The minimum Gasteiger partial charge on any atom is -0.494 e. The summed E-state index contributed by atoms with van der Waals surface area (Å²) in [6, 6.07) is 22.6. The van der Waals surface area contributed by atoms with Crippen LogP contribution in [0.4, 0.5) is 4.79 Å². The number of ether oxygens (including phenoxy) is 1. The number of fused-ring (bicyclic) bond motifs is 9. The van der Waals surface area contributed by atoms with Crippen LogP contribution in [0.5, 0.6) is 5.88 Å². The summed E-state index contributed by atoms with van der Waals surface area (Å²) in [6.07, 6.45) is 3.91. The number of alkyl carbamates (subject to hydrolysis) is 1. The van der Waals surface area contributed by atoms with Gasteiger partial charge in [-0.1, -0.05) is 42.5 Å². The molecule has 0 aliphatic carbocycles. The Bertz CT molecular complexity index is 2090. The second kappa shape index (κ2) is 8.77. The zero-order valence-electron chi connectivity index (χ0n) is 21.7. The SMILES string of the molecule is O=C(NCCc1ccccn1)OCC1Cn2c3ccccc3c3c4c[nH]c(O)c4c4c5ccccc5n(c4c32)C1. The predicted octanol–water partition coefficient (Wildman–Crippen LogP) is 6.08. The summed E-state index contributed by atoms with van der Waals surface area (Å²) in [7, 11) is 0.